The number of nitrogens with one attached hydrogen (secondary N) is 1. The summed E-state index contributed by atoms with van der Waals surface area (Å²) >= 11 is 0. The van der Waals surface area contributed by atoms with Crippen molar-refractivity contribution in [3.8, 4) is 5.75 Å². The summed E-state index contributed by atoms with van der Waals surface area (Å²) in [6.07, 6.45) is 0. The molecule has 4 heteroatoms. The van der Waals surface area contributed by atoms with Gasteiger partial charge in [-0.2, -0.15) is 0 Å². The Morgan fingerprint density at radius 1 is 1.33 bits per heavy atom. The molecule has 0 radical (unpaired) electrons. The lowest BCUT2D eigenvalue weighted by atomic mass is 10.1. The van der Waals surface area contributed by atoms with Crippen LogP contribution in [0.1, 0.15) is 30.0 Å². The maximum atomic E-state index is 5.62. The van der Waals surface area contributed by atoms with E-state index in [1.54, 1.807) is 0 Å². The van der Waals surface area contributed by atoms with Gasteiger partial charge in [0.1, 0.15) is 12.4 Å². The quantitative estimate of drug-likeness (QED) is 0.881. The third kappa shape index (κ3) is 3.11. The number of ether oxygens (including phenoxy) is 1. The van der Waals surface area contributed by atoms with Crippen molar-refractivity contribution < 1.29 is 9.26 Å². The van der Waals surface area contributed by atoms with Crippen LogP contribution in [0.15, 0.2) is 34.9 Å². The largest absolute Gasteiger partial charge is 0.486 e. The second kappa shape index (κ2) is 5.69. The van der Waals surface area contributed by atoms with E-state index in [-0.39, 0.29) is 0 Å². The highest BCUT2D eigenvalue weighted by atomic mass is 16.5. The van der Waals surface area contributed by atoms with Gasteiger partial charge in [-0.3, -0.25) is 0 Å². The second-order valence-corrected chi connectivity index (χ2v) is 4.30. The summed E-state index contributed by atoms with van der Waals surface area (Å²) < 4.78 is 10.7. The zero-order valence-electron chi connectivity index (χ0n) is 10.9. The number of nitrogens with zero attached hydrogens (tertiary/aromatic N) is 1. The average Bonchev–Trinajstić information content (AvgIpc) is 2.82. The molecule has 18 heavy (non-hydrogen) atoms. The molecule has 1 aromatic carbocycles. The summed E-state index contributed by atoms with van der Waals surface area (Å²) in [5.41, 5.74) is 2.10. The Morgan fingerprint density at radius 3 is 2.61 bits per heavy atom. The fourth-order valence-corrected chi connectivity index (χ4v) is 1.66. The summed E-state index contributed by atoms with van der Waals surface area (Å²) in [6, 6.07) is 10.3. The molecule has 0 aliphatic carbocycles. The van der Waals surface area contributed by atoms with E-state index >= 15 is 0 Å². The molecule has 4 nitrogen and oxygen atoms in total. The van der Waals surface area contributed by atoms with Crippen molar-refractivity contribution >= 4 is 0 Å². The Hall–Kier alpha value is -1.81. The summed E-state index contributed by atoms with van der Waals surface area (Å²) in [5.74, 6) is 1.57. The third-order valence-corrected chi connectivity index (χ3v) is 2.87. The van der Waals surface area contributed by atoms with Crippen molar-refractivity contribution in [1.29, 1.82) is 0 Å². The van der Waals surface area contributed by atoms with Gasteiger partial charge < -0.3 is 14.6 Å². The summed E-state index contributed by atoms with van der Waals surface area (Å²) in [7, 11) is 1.95. The van der Waals surface area contributed by atoms with Crippen LogP contribution >= 0.6 is 0 Å². The lowest BCUT2D eigenvalue weighted by Crippen LogP contribution is -2.11. The molecule has 2 aromatic rings. The van der Waals surface area contributed by atoms with Crippen molar-refractivity contribution in [2.75, 3.05) is 7.05 Å². The van der Waals surface area contributed by atoms with Crippen LogP contribution in [0.5, 0.6) is 5.75 Å². The second-order valence-electron chi connectivity index (χ2n) is 4.30. The van der Waals surface area contributed by atoms with Crippen LogP contribution in [-0.2, 0) is 6.61 Å². The molecule has 0 bridgehead atoms. The standard InChI is InChI=1S/C14H18N2O2/c1-10-8-14(18-16-10)9-17-13-6-4-12(5-7-13)11(2)15-3/h4-8,11,15H,9H2,1-3H3. The molecule has 1 heterocycles. The molecule has 0 aliphatic rings. The van der Waals surface area contributed by atoms with E-state index in [2.05, 4.69) is 29.5 Å². The highest BCUT2D eigenvalue weighted by Gasteiger charge is 2.04. The van der Waals surface area contributed by atoms with Gasteiger partial charge in [-0.25, -0.2) is 0 Å². The fourth-order valence-electron chi connectivity index (χ4n) is 1.66. The number of hydrogen-bond donors (Lipinski definition) is 1. The van der Waals surface area contributed by atoms with Crippen LogP contribution in [0.4, 0.5) is 0 Å². The van der Waals surface area contributed by atoms with E-state index in [1.165, 1.54) is 5.56 Å². The Balaban J connectivity index is 1.94. The zero-order chi connectivity index (χ0) is 13.0. The topological polar surface area (TPSA) is 47.3 Å². The maximum absolute atomic E-state index is 5.62. The number of aryl methyl sites for hydroxylation is 1. The van der Waals surface area contributed by atoms with Gasteiger partial charge in [0, 0.05) is 12.1 Å². The smallest absolute Gasteiger partial charge is 0.174 e. The third-order valence-electron chi connectivity index (χ3n) is 2.87. The van der Waals surface area contributed by atoms with Gasteiger partial charge in [0.25, 0.3) is 0 Å². The SMILES string of the molecule is CNC(C)c1ccc(OCc2cc(C)no2)cc1. The molecule has 0 amide bonds. The Kier molecular flexibility index (Phi) is 3.99. The molecule has 0 aliphatic heterocycles. The number of aromatic nitrogens is 1. The minimum absolute atomic E-state index is 0.343. The number of benzene rings is 1. The Labute approximate surface area is 107 Å². The summed E-state index contributed by atoms with van der Waals surface area (Å²) in [6.45, 7) is 4.41. The molecule has 96 valence electrons. The first-order chi connectivity index (χ1) is 8.69. The molecule has 1 N–H and O–H groups in total. The van der Waals surface area contributed by atoms with Crippen molar-refractivity contribution in [1.82, 2.24) is 10.5 Å². The van der Waals surface area contributed by atoms with Gasteiger partial charge in [0.15, 0.2) is 5.76 Å². The van der Waals surface area contributed by atoms with Gasteiger partial charge in [-0.05, 0) is 38.6 Å². The van der Waals surface area contributed by atoms with Crippen molar-refractivity contribution in [3.05, 3.63) is 47.3 Å². The first-order valence-electron chi connectivity index (χ1n) is 6.01. The number of hydrogen-bond acceptors (Lipinski definition) is 4. The van der Waals surface area contributed by atoms with Gasteiger partial charge in [-0.15, -0.1) is 0 Å². The highest BCUT2D eigenvalue weighted by Crippen LogP contribution is 2.18. The van der Waals surface area contributed by atoms with Gasteiger partial charge in [0.2, 0.25) is 0 Å². The van der Waals surface area contributed by atoms with E-state index in [0.717, 1.165) is 17.2 Å². The monoisotopic (exact) mass is 246 g/mol. The molecule has 0 spiro atoms. The molecule has 0 fully saturated rings. The van der Waals surface area contributed by atoms with Crippen LogP contribution in [0, 0.1) is 6.92 Å². The first-order valence-corrected chi connectivity index (χ1v) is 6.01. The molecular weight excluding hydrogens is 228 g/mol. The predicted molar refractivity (Wildman–Crippen MR) is 69.5 cm³/mol. The van der Waals surface area contributed by atoms with Crippen molar-refractivity contribution in [2.45, 2.75) is 26.5 Å². The van der Waals surface area contributed by atoms with Crippen LogP contribution in [0.25, 0.3) is 0 Å². The highest BCUT2D eigenvalue weighted by molar-refractivity contribution is 5.29. The first kappa shape index (κ1) is 12.6. The van der Waals surface area contributed by atoms with Gasteiger partial charge in [-0.1, -0.05) is 17.3 Å². The Morgan fingerprint density at radius 2 is 2.06 bits per heavy atom. The lowest BCUT2D eigenvalue weighted by Gasteiger charge is -2.11. The molecular formula is C14H18N2O2. The minimum atomic E-state index is 0.343. The lowest BCUT2D eigenvalue weighted by molar-refractivity contribution is 0.248. The van der Waals surface area contributed by atoms with E-state index in [0.29, 0.717) is 12.6 Å². The van der Waals surface area contributed by atoms with E-state index in [9.17, 15) is 0 Å². The molecule has 1 atom stereocenters. The molecule has 2 rings (SSSR count). The molecule has 1 aromatic heterocycles. The van der Waals surface area contributed by atoms with Gasteiger partial charge in [0.05, 0.1) is 5.69 Å². The van der Waals surface area contributed by atoms with Crippen LogP contribution < -0.4 is 10.1 Å². The average molecular weight is 246 g/mol. The maximum Gasteiger partial charge on any atom is 0.174 e. The zero-order valence-corrected chi connectivity index (χ0v) is 10.9. The summed E-state index contributed by atoms with van der Waals surface area (Å²) in [4.78, 5) is 0. The van der Waals surface area contributed by atoms with E-state index in [1.807, 2.05) is 32.2 Å². The van der Waals surface area contributed by atoms with E-state index in [4.69, 9.17) is 9.26 Å². The van der Waals surface area contributed by atoms with Crippen molar-refractivity contribution in [2.24, 2.45) is 0 Å². The summed E-state index contributed by atoms with van der Waals surface area (Å²) in [5, 5.41) is 7.01. The fraction of sp³-hybridized carbons (Fsp3) is 0.357. The normalized spacial score (nSPS) is 12.4. The predicted octanol–water partition coefficient (Wildman–Crippen LogP) is 2.84. The van der Waals surface area contributed by atoms with Crippen LogP contribution in [0.3, 0.4) is 0 Å². The molecule has 1 unspecified atom stereocenters. The molecule has 0 saturated heterocycles. The van der Waals surface area contributed by atoms with Gasteiger partial charge >= 0.3 is 0 Å². The van der Waals surface area contributed by atoms with Crippen molar-refractivity contribution in [3.63, 3.8) is 0 Å². The Bertz CT molecular complexity index is 491. The van der Waals surface area contributed by atoms with E-state index < -0.39 is 0 Å². The van der Waals surface area contributed by atoms with Crippen LogP contribution in [-0.4, -0.2) is 12.2 Å². The van der Waals surface area contributed by atoms with Crippen LogP contribution in [0.2, 0.25) is 0 Å². The minimum Gasteiger partial charge on any atom is -0.486 e. The number of rotatable bonds is 5. The molecule has 0 saturated carbocycles.